The summed E-state index contributed by atoms with van der Waals surface area (Å²) in [5, 5.41) is 6.68. The molecule has 2 unspecified atom stereocenters. The molecule has 1 saturated carbocycles. The fourth-order valence-corrected chi connectivity index (χ4v) is 3.78. The highest BCUT2D eigenvalue weighted by Crippen LogP contribution is 2.51. The van der Waals surface area contributed by atoms with E-state index in [0.29, 0.717) is 11.5 Å². The summed E-state index contributed by atoms with van der Waals surface area (Å²) in [7, 11) is 0. The second kappa shape index (κ2) is 5.71. The molecule has 2 N–H and O–H groups in total. The highest BCUT2D eigenvalue weighted by Gasteiger charge is 2.48. The summed E-state index contributed by atoms with van der Waals surface area (Å²) in [5.74, 6) is 1.46. The van der Waals surface area contributed by atoms with E-state index in [4.69, 9.17) is 9.47 Å². The first kappa shape index (κ1) is 14.8. The van der Waals surface area contributed by atoms with Gasteiger partial charge in [-0.2, -0.15) is 0 Å². The average molecular weight is 316 g/mol. The fourth-order valence-electron chi connectivity index (χ4n) is 3.78. The number of fused-ring (bicyclic) bond motifs is 1. The van der Waals surface area contributed by atoms with Crippen LogP contribution in [0.25, 0.3) is 0 Å². The van der Waals surface area contributed by atoms with Gasteiger partial charge in [0.15, 0.2) is 11.5 Å². The van der Waals surface area contributed by atoms with Crippen LogP contribution in [0.3, 0.4) is 0 Å². The van der Waals surface area contributed by atoms with Crippen molar-refractivity contribution in [3.8, 4) is 11.5 Å². The number of ether oxygens (including phenoxy) is 2. The van der Waals surface area contributed by atoms with Gasteiger partial charge in [-0.3, -0.25) is 4.79 Å². The van der Waals surface area contributed by atoms with Gasteiger partial charge in [-0.1, -0.05) is 13.0 Å². The molecule has 2 heterocycles. The summed E-state index contributed by atoms with van der Waals surface area (Å²) < 4.78 is 10.8. The molecule has 0 radical (unpaired) electrons. The summed E-state index contributed by atoms with van der Waals surface area (Å²) in [6, 6.07) is 6.22. The second-order valence-corrected chi connectivity index (χ2v) is 7.10. The van der Waals surface area contributed by atoms with Crippen LogP contribution in [0, 0.1) is 5.41 Å². The Morgan fingerprint density at radius 1 is 1.39 bits per heavy atom. The quantitative estimate of drug-likeness (QED) is 0.874. The number of amides is 1. The van der Waals surface area contributed by atoms with Gasteiger partial charge >= 0.3 is 0 Å². The lowest BCUT2D eigenvalue weighted by Gasteiger charge is -2.18. The molecular weight excluding hydrogens is 292 g/mol. The van der Waals surface area contributed by atoms with Gasteiger partial charge in [-0.25, -0.2) is 0 Å². The van der Waals surface area contributed by atoms with Crippen molar-refractivity contribution in [3.05, 3.63) is 23.8 Å². The van der Waals surface area contributed by atoms with Gasteiger partial charge in [-0.05, 0) is 48.8 Å². The average Bonchev–Trinajstić information content (AvgIpc) is 2.97. The third-order valence-corrected chi connectivity index (χ3v) is 5.45. The molecule has 2 fully saturated rings. The maximum absolute atomic E-state index is 12.6. The van der Waals surface area contributed by atoms with Gasteiger partial charge in [0.25, 0.3) is 0 Å². The van der Waals surface area contributed by atoms with E-state index in [0.717, 1.165) is 36.6 Å². The predicted octanol–water partition coefficient (Wildman–Crippen LogP) is 2.17. The Labute approximate surface area is 136 Å². The highest BCUT2D eigenvalue weighted by molar-refractivity contribution is 5.83. The van der Waals surface area contributed by atoms with Gasteiger partial charge in [0, 0.05) is 19.1 Å². The van der Waals surface area contributed by atoms with Gasteiger partial charge < -0.3 is 20.1 Å². The third-order valence-electron chi connectivity index (χ3n) is 5.45. The molecular formula is C18H24N2O3. The number of carbonyl (C=O) groups is 1. The smallest absolute Gasteiger partial charge is 0.231 e. The van der Waals surface area contributed by atoms with Crippen LogP contribution in [0.4, 0.5) is 0 Å². The summed E-state index contributed by atoms with van der Waals surface area (Å²) >= 11 is 0. The molecule has 5 nitrogen and oxygen atoms in total. The Morgan fingerprint density at radius 2 is 2.22 bits per heavy atom. The van der Waals surface area contributed by atoms with Gasteiger partial charge in [0.2, 0.25) is 12.7 Å². The largest absolute Gasteiger partial charge is 0.454 e. The van der Waals surface area contributed by atoms with E-state index < -0.39 is 0 Å². The zero-order valence-corrected chi connectivity index (χ0v) is 13.6. The molecule has 23 heavy (non-hydrogen) atoms. The molecule has 5 heteroatoms. The van der Waals surface area contributed by atoms with Crippen molar-refractivity contribution in [3.63, 3.8) is 0 Å². The Balaban J connectivity index is 1.37. The lowest BCUT2D eigenvalue weighted by atomic mass is 9.95. The minimum absolute atomic E-state index is 0.102. The van der Waals surface area contributed by atoms with Crippen molar-refractivity contribution in [2.75, 3.05) is 19.9 Å². The first-order valence-electron chi connectivity index (χ1n) is 8.60. The van der Waals surface area contributed by atoms with Crippen molar-refractivity contribution in [1.29, 1.82) is 0 Å². The predicted molar refractivity (Wildman–Crippen MR) is 86.7 cm³/mol. The molecule has 1 aliphatic carbocycles. The number of rotatable bonds is 5. The number of nitrogens with one attached hydrogen (secondary N) is 2. The van der Waals surface area contributed by atoms with E-state index in [-0.39, 0.29) is 18.6 Å². The van der Waals surface area contributed by atoms with Gasteiger partial charge in [0.05, 0.1) is 5.92 Å². The highest BCUT2D eigenvalue weighted by atomic mass is 16.7. The number of carbonyl (C=O) groups excluding carboxylic acids is 1. The van der Waals surface area contributed by atoms with E-state index in [1.54, 1.807) is 0 Å². The molecule has 2 atom stereocenters. The SMILES string of the molecule is CCC(C(=O)NCC1CC2(CC2)CN1)c1ccc2c(c1)OCO2. The van der Waals surface area contributed by atoms with Crippen molar-refractivity contribution in [1.82, 2.24) is 10.6 Å². The second-order valence-electron chi connectivity index (χ2n) is 7.10. The number of hydrogen-bond acceptors (Lipinski definition) is 4. The Morgan fingerprint density at radius 3 is 2.96 bits per heavy atom. The molecule has 0 aromatic heterocycles. The number of benzene rings is 1. The first-order valence-corrected chi connectivity index (χ1v) is 8.60. The molecule has 1 spiro atoms. The van der Waals surface area contributed by atoms with Gasteiger partial charge in [0.1, 0.15) is 0 Å². The monoisotopic (exact) mass is 316 g/mol. The summed E-state index contributed by atoms with van der Waals surface area (Å²) in [6.45, 7) is 4.15. The minimum Gasteiger partial charge on any atom is -0.454 e. The summed E-state index contributed by atoms with van der Waals surface area (Å²) in [6.07, 6.45) is 4.67. The van der Waals surface area contributed by atoms with Crippen LogP contribution in [0.5, 0.6) is 11.5 Å². The Bertz CT molecular complexity index is 612. The van der Waals surface area contributed by atoms with Crippen molar-refractivity contribution in [2.24, 2.45) is 5.41 Å². The molecule has 2 aliphatic heterocycles. The van der Waals surface area contributed by atoms with Crippen LogP contribution in [0.1, 0.15) is 44.1 Å². The van der Waals surface area contributed by atoms with Gasteiger partial charge in [-0.15, -0.1) is 0 Å². The third kappa shape index (κ3) is 2.90. The summed E-state index contributed by atoms with van der Waals surface area (Å²) in [4.78, 5) is 12.6. The van der Waals surface area contributed by atoms with Crippen molar-refractivity contribution < 1.29 is 14.3 Å². The van der Waals surface area contributed by atoms with Crippen LogP contribution in [-0.4, -0.2) is 31.8 Å². The fraction of sp³-hybridized carbons (Fsp3) is 0.611. The molecule has 124 valence electrons. The first-order chi connectivity index (χ1) is 11.2. The maximum Gasteiger partial charge on any atom is 0.231 e. The zero-order chi connectivity index (χ0) is 15.9. The van der Waals surface area contributed by atoms with Crippen molar-refractivity contribution >= 4 is 5.91 Å². The molecule has 1 amide bonds. The van der Waals surface area contributed by atoms with Crippen LogP contribution < -0.4 is 20.1 Å². The van der Waals surface area contributed by atoms with Crippen LogP contribution in [-0.2, 0) is 4.79 Å². The number of hydrogen-bond donors (Lipinski definition) is 2. The normalized spacial score (nSPS) is 24.7. The van der Waals surface area contributed by atoms with Crippen LogP contribution in [0.2, 0.25) is 0 Å². The standard InChI is InChI=1S/C18H24N2O3/c1-2-14(12-3-4-15-16(7-12)23-11-22-15)17(21)19-9-13-8-18(5-6-18)10-20-13/h3-4,7,13-14,20H,2,5-6,8-11H2,1H3,(H,19,21). The maximum atomic E-state index is 12.6. The molecule has 3 aliphatic rings. The summed E-state index contributed by atoms with van der Waals surface area (Å²) in [5.41, 5.74) is 1.56. The van der Waals surface area contributed by atoms with E-state index in [2.05, 4.69) is 10.6 Å². The lowest BCUT2D eigenvalue weighted by Crippen LogP contribution is -2.39. The van der Waals surface area contributed by atoms with E-state index in [1.807, 2.05) is 25.1 Å². The Hall–Kier alpha value is -1.75. The zero-order valence-electron chi connectivity index (χ0n) is 13.6. The van der Waals surface area contributed by atoms with Crippen molar-refractivity contribution in [2.45, 2.75) is 44.6 Å². The van der Waals surface area contributed by atoms with E-state index >= 15 is 0 Å². The molecule has 1 aromatic carbocycles. The van der Waals surface area contributed by atoms with E-state index in [9.17, 15) is 4.79 Å². The molecule has 1 aromatic rings. The van der Waals surface area contributed by atoms with Crippen LogP contribution >= 0.6 is 0 Å². The molecule has 0 bridgehead atoms. The van der Waals surface area contributed by atoms with Crippen LogP contribution in [0.15, 0.2) is 18.2 Å². The topological polar surface area (TPSA) is 59.6 Å². The minimum atomic E-state index is -0.138. The molecule has 1 saturated heterocycles. The lowest BCUT2D eigenvalue weighted by molar-refractivity contribution is -0.122. The Kier molecular flexibility index (Phi) is 3.68. The molecule has 4 rings (SSSR count). The van der Waals surface area contributed by atoms with E-state index in [1.165, 1.54) is 19.3 Å².